The molecule has 0 aliphatic heterocycles. The second-order valence-corrected chi connectivity index (χ2v) is 8.30. The van der Waals surface area contributed by atoms with Crippen LogP contribution in [0.5, 0.6) is 5.75 Å². The first-order valence-electron chi connectivity index (χ1n) is 9.87. The molecule has 5 nitrogen and oxygen atoms in total. The van der Waals surface area contributed by atoms with Gasteiger partial charge in [-0.1, -0.05) is 48.5 Å². The number of nitrogens with one attached hydrogen (secondary N) is 1. The van der Waals surface area contributed by atoms with E-state index in [4.69, 9.17) is 4.74 Å². The number of ether oxygens (including phenoxy) is 1. The quantitative estimate of drug-likeness (QED) is 0.210. The van der Waals surface area contributed by atoms with Crippen LogP contribution in [0.25, 0.3) is 10.9 Å². The third-order valence-electron chi connectivity index (χ3n) is 5.24. The molecule has 31 heavy (non-hydrogen) atoms. The van der Waals surface area contributed by atoms with Crippen molar-refractivity contribution < 1.29 is 9.53 Å². The molecular weight excluding hydrogens is 501 g/mol. The van der Waals surface area contributed by atoms with E-state index in [2.05, 4.69) is 68.9 Å². The summed E-state index contributed by atoms with van der Waals surface area (Å²) in [6.07, 6.45) is 1.72. The molecule has 1 N–H and O–H groups in total. The first kappa shape index (κ1) is 21.1. The number of aromatic nitrogens is 1. The van der Waals surface area contributed by atoms with Gasteiger partial charge in [0.25, 0.3) is 5.91 Å². The maximum Gasteiger partial charge on any atom is 0.271 e. The van der Waals surface area contributed by atoms with E-state index in [0.29, 0.717) is 11.3 Å². The molecule has 0 fully saturated rings. The van der Waals surface area contributed by atoms with Crippen molar-refractivity contribution in [2.24, 2.45) is 5.10 Å². The summed E-state index contributed by atoms with van der Waals surface area (Å²) in [5.41, 5.74) is 7.59. The molecule has 3 aromatic carbocycles. The van der Waals surface area contributed by atoms with Crippen molar-refractivity contribution in [2.75, 3.05) is 7.11 Å². The largest absolute Gasteiger partial charge is 0.496 e. The maximum atomic E-state index is 12.5. The number of hydrogen-bond acceptors (Lipinski definition) is 3. The van der Waals surface area contributed by atoms with Crippen LogP contribution in [0.1, 0.15) is 27.2 Å². The van der Waals surface area contributed by atoms with Gasteiger partial charge < -0.3 is 9.30 Å². The highest BCUT2D eigenvalue weighted by Crippen LogP contribution is 2.26. The van der Waals surface area contributed by atoms with E-state index in [1.807, 2.05) is 36.4 Å². The molecule has 1 amide bonds. The summed E-state index contributed by atoms with van der Waals surface area (Å²) in [5.74, 6) is 0.383. The van der Waals surface area contributed by atoms with Crippen LogP contribution in [-0.2, 0) is 6.54 Å². The monoisotopic (exact) mass is 523 g/mol. The second-order valence-electron chi connectivity index (χ2n) is 7.14. The Kier molecular flexibility index (Phi) is 6.36. The van der Waals surface area contributed by atoms with Crippen LogP contribution >= 0.6 is 22.6 Å². The molecule has 0 saturated heterocycles. The lowest BCUT2D eigenvalue weighted by molar-refractivity contribution is 0.0954. The van der Waals surface area contributed by atoms with E-state index in [1.54, 1.807) is 25.5 Å². The van der Waals surface area contributed by atoms with E-state index in [1.165, 1.54) is 5.56 Å². The molecule has 0 radical (unpaired) electrons. The predicted octanol–water partition coefficient (Wildman–Crippen LogP) is 5.38. The van der Waals surface area contributed by atoms with Crippen LogP contribution < -0.4 is 10.2 Å². The fourth-order valence-corrected chi connectivity index (χ4v) is 4.17. The topological polar surface area (TPSA) is 55.6 Å². The van der Waals surface area contributed by atoms with Crippen LogP contribution in [0.2, 0.25) is 0 Å². The zero-order valence-corrected chi connectivity index (χ0v) is 19.5. The lowest BCUT2D eigenvalue weighted by atomic mass is 10.1. The molecule has 4 rings (SSSR count). The smallest absolute Gasteiger partial charge is 0.271 e. The average Bonchev–Trinajstić information content (AvgIpc) is 3.06. The Morgan fingerprint density at radius 2 is 1.84 bits per heavy atom. The molecule has 0 unspecified atom stereocenters. The van der Waals surface area contributed by atoms with Crippen LogP contribution in [0.15, 0.2) is 77.9 Å². The number of benzene rings is 3. The first-order chi connectivity index (χ1) is 15.1. The number of fused-ring (bicyclic) bond motifs is 1. The summed E-state index contributed by atoms with van der Waals surface area (Å²) >= 11 is 2.17. The van der Waals surface area contributed by atoms with E-state index in [-0.39, 0.29) is 5.91 Å². The Morgan fingerprint density at radius 3 is 2.61 bits per heavy atom. The van der Waals surface area contributed by atoms with Crippen molar-refractivity contribution in [3.63, 3.8) is 0 Å². The summed E-state index contributed by atoms with van der Waals surface area (Å²) in [6.45, 7) is 2.85. The Bertz CT molecular complexity index is 1260. The molecule has 0 spiro atoms. The number of halogens is 1. The molecule has 4 aromatic rings. The minimum atomic E-state index is -0.281. The zero-order chi connectivity index (χ0) is 21.8. The summed E-state index contributed by atoms with van der Waals surface area (Å²) in [6, 6.07) is 23.9. The Labute approximate surface area is 194 Å². The maximum absolute atomic E-state index is 12.5. The number of methoxy groups -OCH3 is 1. The molecule has 156 valence electrons. The van der Waals surface area contributed by atoms with Crippen LogP contribution in [0, 0.1) is 10.5 Å². The number of amides is 1. The fraction of sp³-hybridized carbons (Fsp3) is 0.120. The second kappa shape index (κ2) is 9.34. The number of carbonyl (C=O) groups is 1. The number of hydrogen-bond donors (Lipinski definition) is 1. The molecule has 0 aliphatic carbocycles. The predicted molar refractivity (Wildman–Crippen MR) is 133 cm³/mol. The third-order valence-corrected chi connectivity index (χ3v) is 6.13. The van der Waals surface area contributed by atoms with Crippen LogP contribution in [0.4, 0.5) is 0 Å². The van der Waals surface area contributed by atoms with Crippen LogP contribution in [-0.4, -0.2) is 23.8 Å². The number of hydrazone groups is 1. The highest BCUT2D eigenvalue weighted by atomic mass is 127. The number of carbonyl (C=O) groups excluding carboxylic acids is 1. The van der Waals surface area contributed by atoms with E-state index < -0.39 is 0 Å². The molecule has 0 bridgehead atoms. The summed E-state index contributed by atoms with van der Waals surface area (Å²) in [7, 11) is 1.59. The zero-order valence-electron chi connectivity index (χ0n) is 17.3. The number of rotatable bonds is 6. The number of para-hydroxylation sites is 1. The van der Waals surface area contributed by atoms with Crippen molar-refractivity contribution in [1.29, 1.82) is 0 Å². The van der Waals surface area contributed by atoms with Gasteiger partial charge in [-0.15, -0.1) is 0 Å². The Morgan fingerprint density at radius 1 is 1.10 bits per heavy atom. The molecular formula is C25H22IN3O2. The minimum absolute atomic E-state index is 0.281. The van der Waals surface area contributed by atoms with Gasteiger partial charge in [-0.2, -0.15) is 5.10 Å². The average molecular weight is 523 g/mol. The highest BCUT2D eigenvalue weighted by molar-refractivity contribution is 14.1. The van der Waals surface area contributed by atoms with Crippen molar-refractivity contribution in [1.82, 2.24) is 9.99 Å². The van der Waals surface area contributed by atoms with Gasteiger partial charge in [0.1, 0.15) is 5.75 Å². The molecule has 6 heteroatoms. The highest BCUT2D eigenvalue weighted by Gasteiger charge is 2.13. The summed E-state index contributed by atoms with van der Waals surface area (Å²) in [4.78, 5) is 12.5. The van der Waals surface area contributed by atoms with Gasteiger partial charge >= 0.3 is 0 Å². The summed E-state index contributed by atoms with van der Waals surface area (Å²) in [5, 5.41) is 5.35. The molecule has 1 aromatic heterocycles. The molecule has 0 atom stereocenters. The molecule has 0 aliphatic rings. The third kappa shape index (κ3) is 4.49. The molecule has 1 heterocycles. The Balaban J connectivity index is 1.60. The van der Waals surface area contributed by atoms with Gasteiger partial charge in [-0.25, -0.2) is 5.43 Å². The standard InChI is InChI=1S/C25H22IN3O2/c1-17-21(15-27-28-25(30)19-12-13-22(26)24(14-19)31-2)20-10-6-7-11-23(20)29(17)16-18-8-4-3-5-9-18/h3-15H,16H2,1-2H3,(H,28,30)/b27-15-. The van der Waals surface area contributed by atoms with Gasteiger partial charge in [0.15, 0.2) is 0 Å². The minimum Gasteiger partial charge on any atom is -0.496 e. The molecule has 0 saturated carbocycles. The van der Waals surface area contributed by atoms with Gasteiger partial charge in [0, 0.05) is 34.3 Å². The van der Waals surface area contributed by atoms with Crippen molar-refractivity contribution in [3.05, 3.63) is 98.8 Å². The Hall–Kier alpha value is -3.13. The fourth-order valence-electron chi connectivity index (χ4n) is 3.61. The van der Waals surface area contributed by atoms with E-state index in [9.17, 15) is 4.79 Å². The lowest BCUT2D eigenvalue weighted by Gasteiger charge is -2.08. The van der Waals surface area contributed by atoms with Crippen LogP contribution in [0.3, 0.4) is 0 Å². The first-order valence-corrected chi connectivity index (χ1v) is 10.9. The van der Waals surface area contributed by atoms with Gasteiger partial charge in [-0.05, 0) is 59.3 Å². The lowest BCUT2D eigenvalue weighted by Crippen LogP contribution is -2.17. The van der Waals surface area contributed by atoms with E-state index in [0.717, 1.165) is 32.3 Å². The van der Waals surface area contributed by atoms with Gasteiger partial charge in [-0.3, -0.25) is 4.79 Å². The number of nitrogens with zero attached hydrogens (tertiary/aromatic N) is 2. The SMILES string of the molecule is COc1cc(C(=O)N/N=C\c2c(C)n(Cc3ccccc3)c3ccccc23)ccc1I. The normalized spacial score (nSPS) is 11.2. The van der Waals surface area contributed by atoms with Crippen molar-refractivity contribution in [3.8, 4) is 5.75 Å². The summed E-state index contributed by atoms with van der Waals surface area (Å²) < 4.78 is 8.52. The van der Waals surface area contributed by atoms with Gasteiger partial charge in [0.05, 0.1) is 16.9 Å². The van der Waals surface area contributed by atoms with E-state index >= 15 is 0 Å². The van der Waals surface area contributed by atoms with Crippen molar-refractivity contribution in [2.45, 2.75) is 13.5 Å². The van der Waals surface area contributed by atoms with Gasteiger partial charge in [0.2, 0.25) is 0 Å². The van der Waals surface area contributed by atoms with Crippen molar-refractivity contribution >= 4 is 45.6 Å².